The molecular formula is C28H47N. The van der Waals surface area contributed by atoms with E-state index >= 15 is 0 Å². The van der Waals surface area contributed by atoms with Gasteiger partial charge in [-0.3, -0.25) is 0 Å². The predicted octanol–water partition coefficient (Wildman–Crippen LogP) is 9.16. The molecule has 164 valence electrons. The van der Waals surface area contributed by atoms with Gasteiger partial charge in [0.25, 0.3) is 0 Å². The maximum Gasteiger partial charge on any atom is 0.0912 e. The number of nitrogens with zero attached hydrogens (tertiary/aromatic N) is 1. The topological polar surface area (TPSA) is 23.8 Å². The second kappa shape index (κ2) is 15.8. The summed E-state index contributed by atoms with van der Waals surface area (Å²) in [5, 5.41) is 8.47. The van der Waals surface area contributed by atoms with E-state index in [1.54, 1.807) is 6.08 Å². The SMILES string of the molecule is CCCCC[C@H]1CC[C@H](CCCC[C@H]2CC[C@H](CC/C=C/C=C/C#N)CC2)CC1. The molecule has 0 aliphatic heterocycles. The van der Waals surface area contributed by atoms with Gasteiger partial charge in [-0.1, -0.05) is 128 Å². The van der Waals surface area contributed by atoms with Gasteiger partial charge in [0.15, 0.2) is 0 Å². The van der Waals surface area contributed by atoms with Crippen LogP contribution in [0.1, 0.15) is 122 Å². The van der Waals surface area contributed by atoms with Gasteiger partial charge in [-0.25, -0.2) is 0 Å². The van der Waals surface area contributed by atoms with Crippen LogP contribution in [0.25, 0.3) is 0 Å². The van der Waals surface area contributed by atoms with Gasteiger partial charge in [0, 0.05) is 6.08 Å². The fourth-order valence-electron chi connectivity index (χ4n) is 5.77. The van der Waals surface area contributed by atoms with Crippen LogP contribution in [-0.4, -0.2) is 0 Å². The number of nitriles is 1. The van der Waals surface area contributed by atoms with Gasteiger partial charge in [0.05, 0.1) is 6.07 Å². The average Bonchev–Trinajstić information content (AvgIpc) is 2.76. The van der Waals surface area contributed by atoms with Crippen LogP contribution in [0, 0.1) is 35.0 Å². The van der Waals surface area contributed by atoms with E-state index in [2.05, 4.69) is 13.0 Å². The van der Waals surface area contributed by atoms with Crippen molar-refractivity contribution in [3.05, 3.63) is 24.3 Å². The van der Waals surface area contributed by atoms with Crippen molar-refractivity contribution in [1.82, 2.24) is 0 Å². The lowest BCUT2D eigenvalue weighted by atomic mass is 9.76. The molecule has 0 heterocycles. The summed E-state index contributed by atoms with van der Waals surface area (Å²) in [6, 6.07) is 2.03. The van der Waals surface area contributed by atoms with Crippen LogP contribution in [0.4, 0.5) is 0 Å². The van der Waals surface area contributed by atoms with Crippen LogP contribution in [-0.2, 0) is 0 Å². The van der Waals surface area contributed by atoms with Gasteiger partial charge in [0.1, 0.15) is 0 Å². The van der Waals surface area contributed by atoms with E-state index < -0.39 is 0 Å². The summed E-state index contributed by atoms with van der Waals surface area (Å²) >= 11 is 0. The normalized spacial score (nSPS) is 28.1. The molecular weight excluding hydrogens is 350 g/mol. The van der Waals surface area contributed by atoms with Crippen LogP contribution in [0.3, 0.4) is 0 Å². The van der Waals surface area contributed by atoms with E-state index in [0.29, 0.717) is 0 Å². The van der Waals surface area contributed by atoms with Gasteiger partial charge < -0.3 is 0 Å². The molecule has 0 saturated heterocycles. The Morgan fingerprint density at radius 2 is 1.10 bits per heavy atom. The molecule has 0 aromatic rings. The predicted molar refractivity (Wildman–Crippen MR) is 127 cm³/mol. The van der Waals surface area contributed by atoms with E-state index in [4.69, 9.17) is 5.26 Å². The van der Waals surface area contributed by atoms with E-state index in [9.17, 15) is 0 Å². The van der Waals surface area contributed by atoms with Gasteiger partial charge >= 0.3 is 0 Å². The van der Waals surface area contributed by atoms with Crippen molar-refractivity contribution in [2.75, 3.05) is 0 Å². The highest BCUT2D eigenvalue weighted by molar-refractivity contribution is 5.11. The molecule has 0 aromatic heterocycles. The molecule has 2 saturated carbocycles. The Labute approximate surface area is 182 Å². The highest BCUT2D eigenvalue weighted by atomic mass is 14.3. The molecule has 1 heteroatoms. The van der Waals surface area contributed by atoms with Crippen molar-refractivity contribution >= 4 is 0 Å². The lowest BCUT2D eigenvalue weighted by molar-refractivity contribution is 0.232. The van der Waals surface area contributed by atoms with Gasteiger partial charge in [-0.2, -0.15) is 5.26 Å². The van der Waals surface area contributed by atoms with Crippen molar-refractivity contribution < 1.29 is 0 Å². The Bertz CT molecular complexity index is 481. The van der Waals surface area contributed by atoms with E-state index in [1.807, 2.05) is 18.2 Å². The van der Waals surface area contributed by atoms with Crippen LogP contribution in [0.15, 0.2) is 24.3 Å². The van der Waals surface area contributed by atoms with Gasteiger partial charge in [-0.05, 0) is 36.5 Å². The molecule has 2 aliphatic rings. The van der Waals surface area contributed by atoms with Crippen molar-refractivity contribution in [2.24, 2.45) is 23.7 Å². The van der Waals surface area contributed by atoms with E-state index in [1.165, 1.54) is 116 Å². The zero-order valence-electron chi connectivity index (χ0n) is 19.3. The third-order valence-corrected chi connectivity index (χ3v) is 7.78. The molecule has 2 rings (SSSR count). The number of allylic oxidation sites excluding steroid dienone is 4. The summed E-state index contributed by atoms with van der Waals surface area (Å²) in [5.41, 5.74) is 0. The zero-order valence-corrected chi connectivity index (χ0v) is 19.3. The second-order valence-corrected chi connectivity index (χ2v) is 10.0. The molecule has 0 radical (unpaired) electrons. The van der Waals surface area contributed by atoms with Crippen LogP contribution >= 0.6 is 0 Å². The molecule has 2 fully saturated rings. The fourth-order valence-corrected chi connectivity index (χ4v) is 5.77. The molecule has 0 N–H and O–H groups in total. The van der Waals surface area contributed by atoms with Crippen molar-refractivity contribution in [3.8, 4) is 6.07 Å². The van der Waals surface area contributed by atoms with Gasteiger partial charge in [0.2, 0.25) is 0 Å². The highest BCUT2D eigenvalue weighted by Crippen LogP contribution is 2.36. The lowest BCUT2D eigenvalue weighted by Crippen LogP contribution is -2.15. The first-order chi connectivity index (χ1) is 14.3. The molecule has 0 atom stereocenters. The van der Waals surface area contributed by atoms with E-state index in [-0.39, 0.29) is 0 Å². The smallest absolute Gasteiger partial charge is 0.0912 e. The minimum atomic E-state index is 0.948. The quantitative estimate of drug-likeness (QED) is 0.173. The minimum Gasteiger partial charge on any atom is -0.193 e. The van der Waals surface area contributed by atoms with Crippen molar-refractivity contribution in [3.63, 3.8) is 0 Å². The Morgan fingerprint density at radius 3 is 1.55 bits per heavy atom. The zero-order chi connectivity index (χ0) is 20.6. The summed E-state index contributed by atoms with van der Waals surface area (Å²) in [6.45, 7) is 2.32. The number of hydrogen-bond acceptors (Lipinski definition) is 1. The molecule has 2 aliphatic carbocycles. The summed E-state index contributed by atoms with van der Waals surface area (Å²) in [4.78, 5) is 0. The largest absolute Gasteiger partial charge is 0.193 e. The molecule has 0 aromatic carbocycles. The molecule has 1 nitrogen and oxygen atoms in total. The summed E-state index contributed by atoms with van der Waals surface area (Å²) in [6.07, 6.45) is 33.9. The second-order valence-electron chi connectivity index (χ2n) is 10.0. The van der Waals surface area contributed by atoms with Gasteiger partial charge in [-0.15, -0.1) is 0 Å². The van der Waals surface area contributed by atoms with Crippen LogP contribution < -0.4 is 0 Å². The first-order valence-corrected chi connectivity index (χ1v) is 13.0. The maximum atomic E-state index is 8.47. The van der Waals surface area contributed by atoms with Crippen molar-refractivity contribution in [1.29, 1.82) is 5.26 Å². The first kappa shape index (κ1) is 24.2. The van der Waals surface area contributed by atoms with E-state index in [0.717, 1.165) is 23.7 Å². The molecule has 0 bridgehead atoms. The first-order valence-electron chi connectivity index (χ1n) is 13.0. The Morgan fingerprint density at radius 1 is 0.655 bits per heavy atom. The Kier molecular flexibility index (Phi) is 13.2. The van der Waals surface area contributed by atoms with Crippen LogP contribution in [0.5, 0.6) is 0 Å². The third-order valence-electron chi connectivity index (χ3n) is 7.78. The average molecular weight is 398 g/mol. The monoisotopic (exact) mass is 397 g/mol. The molecule has 29 heavy (non-hydrogen) atoms. The minimum absolute atomic E-state index is 0.948. The van der Waals surface area contributed by atoms with Crippen LogP contribution in [0.2, 0.25) is 0 Å². The van der Waals surface area contributed by atoms with Crippen molar-refractivity contribution in [2.45, 2.75) is 122 Å². The molecule has 0 unspecified atom stereocenters. The Hall–Kier alpha value is -1.03. The number of hydrogen-bond donors (Lipinski definition) is 0. The standard InChI is InChI=1S/C28H47N/c1-2-3-7-12-25-16-20-27(21-17-25)14-9-10-15-28-22-18-26(19-23-28)13-8-5-4-6-11-24-29/h4-6,11,25-28H,2-3,7-10,12-23H2,1H3/b5-4+,11-6+/t25-,26-,27-,28-. The number of rotatable bonds is 13. The third kappa shape index (κ3) is 11.1. The maximum absolute atomic E-state index is 8.47. The molecule has 0 spiro atoms. The lowest BCUT2D eigenvalue weighted by Gasteiger charge is -2.30. The number of unbranched alkanes of at least 4 members (excludes halogenated alkanes) is 3. The summed E-state index contributed by atoms with van der Waals surface area (Å²) in [5.74, 6) is 4.10. The summed E-state index contributed by atoms with van der Waals surface area (Å²) in [7, 11) is 0. The fraction of sp³-hybridized carbons (Fsp3) is 0.821. The summed E-state index contributed by atoms with van der Waals surface area (Å²) < 4.78 is 0. The highest BCUT2D eigenvalue weighted by Gasteiger charge is 2.22. The Balaban J connectivity index is 1.44. The molecule has 0 amide bonds.